The molecule has 96 valence electrons. The van der Waals surface area contributed by atoms with Crippen LogP contribution in [0.1, 0.15) is 52.4 Å². The summed E-state index contributed by atoms with van der Waals surface area (Å²) in [5.41, 5.74) is 0. The number of carbonyl (C=O) groups is 2. The highest BCUT2D eigenvalue weighted by Crippen LogP contribution is 2.40. The standard InChI is InChI=1S/C14H23NO2/c1-3-11-12(8-13(16)15-14(11)17)10-6-4-5-9(2)7-10/h9-12H,3-8H2,1-2H3,(H,15,16,17). The van der Waals surface area contributed by atoms with Gasteiger partial charge < -0.3 is 0 Å². The molecular weight excluding hydrogens is 214 g/mol. The maximum absolute atomic E-state index is 11.8. The lowest BCUT2D eigenvalue weighted by Gasteiger charge is -2.38. The molecule has 0 radical (unpaired) electrons. The van der Waals surface area contributed by atoms with E-state index in [1.807, 2.05) is 0 Å². The summed E-state index contributed by atoms with van der Waals surface area (Å²) in [6, 6.07) is 0. The van der Waals surface area contributed by atoms with E-state index in [1.54, 1.807) is 0 Å². The molecule has 2 rings (SSSR count). The SMILES string of the molecule is CCC1C(=O)NC(=O)CC1C1CCCC(C)C1. The summed E-state index contributed by atoms with van der Waals surface area (Å²) < 4.78 is 0. The summed E-state index contributed by atoms with van der Waals surface area (Å²) >= 11 is 0. The van der Waals surface area contributed by atoms with E-state index < -0.39 is 0 Å². The van der Waals surface area contributed by atoms with Gasteiger partial charge in [-0.3, -0.25) is 14.9 Å². The lowest BCUT2D eigenvalue weighted by atomic mass is 9.68. The zero-order valence-electron chi connectivity index (χ0n) is 10.9. The third-order valence-electron chi connectivity index (χ3n) is 4.56. The maximum Gasteiger partial charge on any atom is 0.229 e. The number of nitrogens with one attached hydrogen (secondary N) is 1. The van der Waals surface area contributed by atoms with E-state index in [2.05, 4.69) is 19.2 Å². The number of carbonyl (C=O) groups excluding carboxylic acids is 2. The van der Waals surface area contributed by atoms with Crippen molar-refractivity contribution in [1.29, 1.82) is 0 Å². The first-order chi connectivity index (χ1) is 8.11. The van der Waals surface area contributed by atoms with Crippen LogP contribution in [-0.4, -0.2) is 11.8 Å². The Labute approximate surface area is 103 Å². The van der Waals surface area contributed by atoms with E-state index in [4.69, 9.17) is 0 Å². The fraction of sp³-hybridized carbons (Fsp3) is 0.857. The van der Waals surface area contributed by atoms with Crippen LogP contribution in [0, 0.1) is 23.7 Å². The van der Waals surface area contributed by atoms with Crippen LogP contribution in [0.4, 0.5) is 0 Å². The summed E-state index contributed by atoms with van der Waals surface area (Å²) in [7, 11) is 0. The largest absolute Gasteiger partial charge is 0.296 e. The van der Waals surface area contributed by atoms with Crippen LogP contribution in [0.15, 0.2) is 0 Å². The number of amides is 2. The van der Waals surface area contributed by atoms with Crippen molar-refractivity contribution < 1.29 is 9.59 Å². The third-order valence-corrected chi connectivity index (χ3v) is 4.56. The number of hydrogen-bond donors (Lipinski definition) is 1. The van der Waals surface area contributed by atoms with E-state index in [9.17, 15) is 9.59 Å². The van der Waals surface area contributed by atoms with Gasteiger partial charge in [0.15, 0.2) is 0 Å². The predicted molar refractivity (Wildman–Crippen MR) is 66.2 cm³/mol. The molecule has 0 aromatic rings. The van der Waals surface area contributed by atoms with Gasteiger partial charge in [-0.25, -0.2) is 0 Å². The lowest BCUT2D eigenvalue weighted by Crippen LogP contribution is -2.48. The van der Waals surface area contributed by atoms with E-state index in [-0.39, 0.29) is 17.7 Å². The van der Waals surface area contributed by atoms with Gasteiger partial charge in [0.1, 0.15) is 0 Å². The Hall–Kier alpha value is -0.860. The molecule has 1 saturated carbocycles. The fourth-order valence-electron chi connectivity index (χ4n) is 3.69. The minimum absolute atomic E-state index is 0.0352. The number of imide groups is 1. The second-order valence-corrected chi connectivity index (χ2v) is 5.83. The van der Waals surface area contributed by atoms with Gasteiger partial charge in [-0.05, 0) is 30.6 Å². The molecule has 1 aliphatic heterocycles. The Bertz CT molecular complexity index is 313. The van der Waals surface area contributed by atoms with Gasteiger partial charge in [0.25, 0.3) is 0 Å². The van der Waals surface area contributed by atoms with Crippen molar-refractivity contribution in [2.45, 2.75) is 52.4 Å². The van der Waals surface area contributed by atoms with Crippen molar-refractivity contribution in [3.63, 3.8) is 0 Å². The Morgan fingerprint density at radius 1 is 1.29 bits per heavy atom. The second kappa shape index (κ2) is 5.19. The summed E-state index contributed by atoms with van der Waals surface area (Å²) in [6.07, 6.45) is 6.37. The van der Waals surface area contributed by atoms with E-state index in [1.165, 1.54) is 25.7 Å². The molecule has 3 nitrogen and oxygen atoms in total. The molecule has 0 aromatic heterocycles. The topological polar surface area (TPSA) is 46.2 Å². The fourth-order valence-corrected chi connectivity index (χ4v) is 3.69. The number of hydrogen-bond acceptors (Lipinski definition) is 2. The highest BCUT2D eigenvalue weighted by atomic mass is 16.2. The van der Waals surface area contributed by atoms with Crippen molar-refractivity contribution in [3.05, 3.63) is 0 Å². The van der Waals surface area contributed by atoms with Gasteiger partial charge in [0, 0.05) is 12.3 Å². The first kappa shape index (κ1) is 12.6. The average Bonchev–Trinajstić information content (AvgIpc) is 2.28. The first-order valence-corrected chi connectivity index (χ1v) is 6.95. The molecule has 0 bridgehead atoms. The summed E-state index contributed by atoms with van der Waals surface area (Å²) in [4.78, 5) is 23.4. The van der Waals surface area contributed by atoms with E-state index in [0.29, 0.717) is 18.3 Å². The Kier molecular flexibility index (Phi) is 3.85. The van der Waals surface area contributed by atoms with Gasteiger partial charge in [-0.1, -0.05) is 33.1 Å². The quantitative estimate of drug-likeness (QED) is 0.750. The van der Waals surface area contributed by atoms with Gasteiger partial charge in [-0.15, -0.1) is 0 Å². The highest BCUT2D eigenvalue weighted by molar-refractivity contribution is 5.99. The van der Waals surface area contributed by atoms with Gasteiger partial charge in [0.05, 0.1) is 0 Å². The summed E-state index contributed by atoms with van der Waals surface area (Å²) in [5, 5.41) is 2.48. The van der Waals surface area contributed by atoms with Crippen LogP contribution in [0.2, 0.25) is 0 Å². The van der Waals surface area contributed by atoms with Crippen LogP contribution in [0.5, 0.6) is 0 Å². The lowest BCUT2D eigenvalue weighted by molar-refractivity contribution is -0.140. The zero-order chi connectivity index (χ0) is 12.4. The average molecular weight is 237 g/mol. The summed E-state index contributed by atoms with van der Waals surface area (Å²) in [5.74, 6) is 1.59. The van der Waals surface area contributed by atoms with Crippen LogP contribution >= 0.6 is 0 Å². The zero-order valence-corrected chi connectivity index (χ0v) is 10.9. The van der Waals surface area contributed by atoms with Crippen molar-refractivity contribution in [3.8, 4) is 0 Å². The minimum atomic E-state index is -0.0667. The number of piperidine rings is 1. The number of rotatable bonds is 2. The summed E-state index contributed by atoms with van der Waals surface area (Å²) in [6.45, 7) is 4.34. The molecule has 4 atom stereocenters. The van der Waals surface area contributed by atoms with Crippen LogP contribution in [0.3, 0.4) is 0 Å². The molecule has 2 fully saturated rings. The van der Waals surface area contributed by atoms with Gasteiger partial charge >= 0.3 is 0 Å². The Morgan fingerprint density at radius 3 is 2.71 bits per heavy atom. The van der Waals surface area contributed by atoms with Gasteiger partial charge in [0.2, 0.25) is 11.8 Å². The van der Waals surface area contributed by atoms with E-state index >= 15 is 0 Å². The Balaban J connectivity index is 2.10. The van der Waals surface area contributed by atoms with Crippen LogP contribution in [0.25, 0.3) is 0 Å². The minimum Gasteiger partial charge on any atom is -0.296 e. The molecule has 2 aliphatic rings. The Morgan fingerprint density at radius 2 is 2.06 bits per heavy atom. The van der Waals surface area contributed by atoms with Crippen LogP contribution < -0.4 is 5.32 Å². The molecule has 1 saturated heterocycles. The molecule has 0 spiro atoms. The molecule has 1 N–H and O–H groups in total. The van der Waals surface area contributed by atoms with Crippen molar-refractivity contribution in [1.82, 2.24) is 5.32 Å². The molecule has 4 unspecified atom stereocenters. The molecule has 17 heavy (non-hydrogen) atoms. The smallest absolute Gasteiger partial charge is 0.229 e. The molecule has 1 aliphatic carbocycles. The first-order valence-electron chi connectivity index (χ1n) is 6.95. The molecule has 2 amide bonds. The highest BCUT2D eigenvalue weighted by Gasteiger charge is 2.40. The van der Waals surface area contributed by atoms with E-state index in [0.717, 1.165) is 12.3 Å². The second-order valence-electron chi connectivity index (χ2n) is 5.83. The monoisotopic (exact) mass is 237 g/mol. The molecule has 3 heteroatoms. The third kappa shape index (κ3) is 2.70. The van der Waals surface area contributed by atoms with Crippen molar-refractivity contribution >= 4 is 11.8 Å². The molecular formula is C14H23NO2. The molecule has 1 heterocycles. The van der Waals surface area contributed by atoms with Crippen molar-refractivity contribution in [2.24, 2.45) is 23.7 Å². The predicted octanol–water partition coefficient (Wildman–Crippen LogP) is 2.50. The van der Waals surface area contributed by atoms with Crippen LogP contribution in [-0.2, 0) is 9.59 Å². The van der Waals surface area contributed by atoms with Crippen molar-refractivity contribution in [2.75, 3.05) is 0 Å². The van der Waals surface area contributed by atoms with Gasteiger partial charge in [-0.2, -0.15) is 0 Å². The molecule has 0 aromatic carbocycles. The normalized spacial score (nSPS) is 38.9. The maximum atomic E-state index is 11.8.